The van der Waals surface area contributed by atoms with E-state index in [4.69, 9.17) is 5.73 Å². The number of halogens is 1. The van der Waals surface area contributed by atoms with E-state index in [1.807, 2.05) is 24.3 Å². The zero-order valence-corrected chi connectivity index (χ0v) is 11.7. The fourth-order valence-corrected chi connectivity index (χ4v) is 2.77. The number of hydrogen-bond donors (Lipinski definition) is 1. The highest BCUT2D eigenvalue weighted by Gasteiger charge is 2.24. The second-order valence-electron chi connectivity index (χ2n) is 5.27. The first-order chi connectivity index (χ1) is 10.1. The third kappa shape index (κ3) is 2.75. The van der Waals surface area contributed by atoms with Crippen LogP contribution in [0.4, 0.5) is 15.8 Å². The first kappa shape index (κ1) is 13.6. The lowest BCUT2D eigenvalue weighted by atomic mass is 10.00. The molecule has 0 unspecified atom stereocenters. The molecule has 4 heteroatoms. The number of rotatable bonds is 3. The Balaban J connectivity index is 1.82. The minimum Gasteiger partial charge on any atom is -0.399 e. The van der Waals surface area contributed by atoms with Gasteiger partial charge < -0.3 is 10.6 Å². The maximum Gasteiger partial charge on any atom is 0.227 e. The van der Waals surface area contributed by atoms with E-state index in [-0.39, 0.29) is 11.7 Å². The second-order valence-corrected chi connectivity index (χ2v) is 5.27. The summed E-state index contributed by atoms with van der Waals surface area (Å²) in [5.74, 6) is -0.168. The molecule has 0 fully saturated rings. The Hall–Kier alpha value is -2.36. The van der Waals surface area contributed by atoms with Crippen LogP contribution in [0.1, 0.15) is 17.5 Å². The lowest BCUT2D eigenvalue weighted by molar-refractivity contribution is -0.118. The van der Waals surface area contributed by atoms with Gasteiger partial charge in [0.05, 0.1) is 0 Å². The van der Waals surface area contributed by atoms with E-state index in [9.17, 15) is 9.18 Å². The molecule has 1 aliphatic heterocycles. The molecule has 2 N–H and O–H groups in total. The fraction of sp³-hybridized carbons (Fsp3) is 0.235. The first-order valence-electron chi connectivity index (χ1n) is 7.07. The van der Waals surface area contributed by atoms with Crippen LogP contribution in [0.2, 0.25) is 0 Å². The van der Waals surface area contributed by atoms with Crippen molar-refractivity contribution >= 4 is 17.3 Å². The van der Waals surface area contributed by atoms with Gasteiger partial charge in [-0.25, -0.2) is 4.39 Å². The fourth-order valence-electron chi connectivity index (χ4n) is 2.77. The van der Waals surface area contributed by atoms with Crippen LogP contribution >= 0.6 is 0 Å². The number of carbonyl (C=O) groups is 1. The zero-order valence-electron chi connectivity index (χ0n) is 11.7. The Morgan fingerprint density at radius 2 is 1.95 bits per heavy atom. The van der Waals surface area contributed by atoms with Crippen LogP contribution in [0.25, 0.3) is 0 Å². The number of nitrogens with two attached hydrogens (primary N) is 1. The van der Waals surface area contributed by atoms with Gasteiger partial charge in [-0.1, -0.05) is 18.2 Å². The molecule has 3 nitrogen and oxygen atoms in total. The van der Waals surface area contributed by atoms with Gasteiger partial charge in [0, 0.05) is 24.3 Å². The Labute approximate surface area is 123 Å². The summed E-state index contributed by atoms with van der Waals surface area (Å²) < 4.78 is 13.3. The number of nitrogen functional groups attached to an aromatic ring is 1. The molecule has 0 atom stereocenters. The van der Waals surface area contributed by atoms with Gasteiger partial charge in [-0.2, -0.15) is 0 Å². The molecule has 0 aromatic heterocycles. The van der Waals surface area contributed by atoms with E-state index in [1.54, 1.807) is 11.0 Å². The number of carbonyl (C=O) groups excluding carboxylic acids is 1. The molecule has 3 rings (SSSR count). The van der Waals surface area contributed by atoms with E-state index >= 15 is 0 Å². The van der Waals surface area contributed by atoms with Gasteiger partial charge >= 0.3 is 0 Å². The smallest absolute Gasteiger partial charge is 0.227 e. The topological polar surface area (TPSA) is 46.3 Å². The summed E-state index contributed by atoms with van der Waals surface area (Å²) in [6, 6.07) is 12.3. The number of para-hydroxylation sites is 1. The highest BCUT2D eigenvalue weighted by Crippen LogP contribution is 2.28. The first-order valence-corrected chi connectivity index (χ1v) is 7.07. The van der Waals surface area contributed by atoms with Crippen molar-refractivity contribution in [1.82, 2.24) is 0 Å². The van der Waals surface area contributed by atoms with Gasteiger partial charge in [-0.3, -0.25) is 4.79 Å². The van der Waals surface area contributed by atoms with Crippen LogP contribution in [0.3, 0.4) is 0 Å². The van der Waals surface area contributed by atoms with Crippen molar-refractivity contribution in [1.29, 1.82) is 0 Å². The monoisotopic (exact) mass is 284 g/mol. The molecule has 21 heavy (non-hydrogen) atoms. The quantitative estimate of drug-likeness (QED) is 0.881. The van der Waals surface area contributed by atoms with Gasteiger partial charge in [0.1, 0.15) is 5.82 Å². The predicted molar refractivity (Wildman–Crippen MR) is 81.6 cm³/mol. The number of anilines is 2. The zero-order chi connectivity index (χ0) is 14.8. The van der Waals surface area contributed by atoms with E-state index in [0.29, 0.717) is 25.8 Å². The minimum absolute atomic E-state index is 0.0867. The van der Waals surface area contributed by atoms with Crippen LogP contribution in [-0.2, 0) is 17.6 Å². The van der Waals surface area contributed by atoms with Crippen LogP contribution in [0, 0.1) is 5.82 Å². The van der Waals surface area contributed by atoms with Gasteiger partial charge in [0.2, 0.25) is 5.91 Å². The number of fused-ring (bicyclic) bond motifs is 1. The highest BCUT2D eigenvalue weighted by molar-refractivity contribution is 5.96. The molecule has 0 bridgehead atoms. The summed E-state index contributed by atoms with van der Waals surface area (Å²) >= 11 is 0. The summed E-state index contributed by atoms with van der Waals surface area (Å²) in [4.78, 5) is 13.9. The molecule has 0 aliphatic carbocycles. The molecule has 108 valence electrons. The van der Waals surface area contributed by atoms with E-state index in [2.05, 4.69) is 0 Å². The molecule has 0 radical (unpaired) electrons. The van der Waals surface area contributed by atoms with Crippen molar-refractivity contribution in [2.24, 2.45) is 0 Å². The van der Waals surface area contributed by atoms with Crippen molar-refractivity contribution < 1.29 is 9.18 Å². The van der Waals surface area contributed by atoms with Crippen molar-refractivity contribution in [2.45, 2.75) is 19.3 Å². The highest BCUT2D eigenvalue weighted by atomic mass is 19.1. The molecule has 1 heterocycles. The molecule has 1 aliphatic rings. The number of nitrogens with zero attached hydrogens (tertiary/aromatic N) is 1. The molecule has 2 aromatic carbocycles. The molecule has 0 saturated heterocycles. The average Bonchev–Trinajstić information content (AvgIpc) is 2.48. The minimum atomic E-state index is -0.254. The molecule has 0 spiro atoms. The van der Waals surface area contributed by atoms with E-state index < -0.39 is 0 Å². The Kier molecular flexibility index (Phi) is 3.60. The van der Waals surface area contributed by atoms with Crippen molar-refractivity contribution in [3.05, 3.63) is 59.4 Å². The Morgan fingerprint density at radius 3 is 2.76 bits per heavy atom. The summed E-state index contributed by atoms with van der Waals surface area (Å²) in [7, 11) is 0. The molecule has 1 amide bonds. The maximum atomic E-state index is 13.3. The molecular formula is C17H17FN2O. The van der Waals surface area contributed by atoms with Gasteiger partial charge in [0.25, 0.3) is 0 Å². The van der Waals surface area contributed by atoms with Gasteiger partial charge in [-0.15, -0.1) is 0 Å². The average molecular weight is 284 g/mol. The third-order valence-corrected chi connectivity index (χ3v) is 3.90. The largest absolute Gasteiger partial charge is 0.399 e. The lowest BCUT2D eigenvalue weighted by Gasteiger charge is -2.29. The third-order valence-electron chi connectivity index (χ3n) is 3.90. The van der Waals surface area contributed by atoms with Crippen LogP contribution in [0.5, 0.6) is 0 Å². The van der Waals surface area contributed by atoms with Gasteiger partial charge in [0.15, 0.2) is 0 Å². The SMILES string of the molecule is Nc1ccccc1CCN1C(=O)CCc2cc(F)ccc21. The predicted octanol–water partition coefficient (Wildman–Crippen LogP) is 2.93. The number of benzene rings is 2. The summed E-state index contributed by atoms with van der Waals surface area (Å²) in [6.07, 6.45) is 1.73. The Bertz CT molecular complexity index is 684. The van der Waals surface area contributed by atoms with E-state index in [0.717, 1.165) is 22.5 Å². The molecule has 2 aromatic rings. The summed E-state index contributed by atoms with van der Waals surface area (Å²) in [5, 5.41) is 0. The van der Waals surface area contributed by atoms with Crippen molar-refractivity contribution in [2.75, 3.05) is 17.2 Å². The number of hydrogen-bond acceptors (Lipinski definition) is 2. The summed E-state index contributed by atoms with van der Waals surface area (Å²) in [5.41, 5.74) is 9.42. The van der Waals surface area contributed by atoms with Gasteiger partial charge in [-0.05, 0) is 48.2 Å². The van der Waals surface area contributed by atoms with Crippen molar-refractivity contribution in [3.63, 3.8) is 0 Å². The van der Waals surface area contributed by atoms with Crippen LogP contribution < -0.4 is 10.6 Å². The summed E-state index contributed by atoms with van der Waals surface area (Å²) in [6.45, 7) is 0.561. The number of amides is 1. The Morgan fingerprint density at radius 1 is 1.14 bits per heavy atom. The molecular weight excluding hydrogens is 267 g/mol. The number of aryl methyl sites for hydroxylation is 1. The second kappa shape index (κ2) is 5.56. The van der Waals surface area contributed by atoms with E-state index in [1.165, 1.54) is 12.1 Å². The van der Waals surface area contributed by atoms with Crippen LogP contribution in [0.15, 0.2) is 42.5 Å². The normalized spacial score (nSPS) is 14.1. The molecule has 0 saturated carbocycles. The lowest BCUT2D eigenvalue weighted by Crippen LogP contribution is -2.36. The van der Waals surface area contributed by atoms with Crippen LogP contribution in [-0.4, -0.2) is 12.5 Å². The standard InChI is InChI=1S/C17H17FN2O/c18-14-6-7-16-13(11-14)5-8-17(21)20(16)10-9-12-3-1-2-4-15(12)19/h1-4,6-7,11H,5,8-10,19H2. The maximum absolute atomic E-state index is 13.3. The van der Waals surface area contributed by atoms with Crippen molar-refractivity contribution in [3.8, 4) is 0 Å².